The van der Waals surface area contributed by atoms with Gasteiger partial charge in [0.1, 0.15) is 11.5 Å². The summed E-state index contributed by atoms with van der Waals surface area (Å²) in [5, 5.41) is 4.61. The lowest BCUT2D eigenvalue weighted by atomic mass is 10.1. The van der Waals surface area contributed by atoms with Crippen LogP contribution in [0.15, 0.2) is 59.7 Å². The molecule has 1 aliphatic heterocycles. The number of hydrogen-bond donors (Lipinski definition) is 1. The van der Waals surface area contributed by atoms with Crippen molar-refractivity contribution in [1.82, 2.24) is 10.3 Å². The van der Waals surface area contributed by atoms with E-state index in [0.717, 1.165) is 64.5 Å². The molecule has 0 spiro atoms. The van der Waals surface area contributed by atoms with Crippen LogP contribution in [0.25, 0.3) is 16.5 Å². The van der Waals surface area contributed by atoms with Crippen LogP contribution in [0.1, 0.15) is 19.4 Å². The zero-order chi connectivity index (χ0) is 22.5. The van der Waals surface area contributed by atoms with Gasteiger partial charge in [0.15, 0.2) is 0 Å². The van der Waals surface area contributed by atoms with Gasteiger partial charge in [-0.05, 0) is 29.8 Å². The summed E-state index contributed by atoms with van der Waals surface area (Å²) in [5.41, 5.74) is 5.29. The van der Waals surface area contributed by atoms with E-state index >= 15 is 0 Å². The van der Waals surface area contributed by atoms with Crippen LogP contribution in [-0.2, 0) is 0 Å². The van der Waals surface area contributed by atoms with Gasteiger partial charge < -0.3 is 19.7 Å². The Morgan fingerprint density at radius 1 is 1.00 bits per heavy atom. The van der Waals surface area contributed by atoms with E-state index in [1.54, 1.807) is 14.2 Å². The Bertz CT molecular complexity index is 1130. The van der Waals surface area contributed by atoms with E-state index in [1.165, 1.54) is 0 Å². The van der Waals surface area contributed by atoms with Gasteiger partial charge in [0.05, 0.1) is 26.3 Å². The number of methoxy groups -OCH3 is 2. The maximum Gasteiger partial charge on any atom is 0.124 e. The number of ether oxygens (including phenoxy) is 2. The van der Waals surface area contributed by atoms with Crippen molar-refractivity contribution in [1.29, 1.82) is 0 Å². The second-order valence-electron chi connectivity index (χ2n) is 8.09. The number of benzene rings is 2. The highest BCUT2D eigenvalue weighted by molar-refractivity contribution is 6.12. The highest BCUT2D eigenvalue weighted by Crippen LogP contribution is 2.34. The van der Waals surface area contributed by atoms with E-state index in [4.69, 9.17) is 9.47 Å². The van der Waals surface area contributed by atoms with Crippen molar-refractivity contribution >= 4 is 34.1 Å². The van der Waals surface area contributed by atoms with Gasteiger partial charge in [-0.1, -0.05) is 19.9 Å². The third kappa shape index (κ3) is 4.92. The van der Waals surface area contributed by atoms with Crippen molar-refractivity contribution < 1.29 is 9.47 Å². The van der Waals surface area contributed by atoms with Crippen molar-refractivity contribution in [3.05, 3.63) is 60.3 Å². The number of rotatable bonds is 9. The van der Waals surface area contributed by atoms with Crippen LogP contribution >= 0.6 is 0 Å². The summed E-state index contributed by atoms with van der Waals surface area (Å²) >= 11 is 0. The van der Waals surface area contributed by atoms with Gasteiger partial charge in [-0.15, -0.1) is 0 Å². The predicted octanol–water partition coefficient (Wildman–Crippen LogP) is 4.86. The lowest BCUT2D eigenvalue weighted by molar-refractivity contribution is 0.394. The Hall–Kier alpha value is -3.38. The highest BCUT2D eigenvalue weighted by atomic mass is 16.5. The molecule has 0 fully saturated rings. The first kappa shape index (κ1) is 21.8. The molecule has 2 aromatic carbocycles. The molecule has 1 N–H and O–H groups in total. The third-order valence-corrected chi connectivity index (χ3v) is 5.49. The van der Waals surface area contributed by atoms with Gasteiger partial charge in [-0.3, -0.25) is 9.98 Å². The Morgan fingerprint density at radius 2 is 1.78 bits per heavy atom. The zero-order valence-corrected chi connectivity index (χ0v) is 19.1. The molecule has 3 aromatic rings. The monoisotopic (exact) mass is 430 g/mol. The van der Waals surface area contributed by atoms with Crippen molar-refractivity contribution in [3.8, 4) is 11.5 Å². The molecule has 0 radical (unpaired) electrons. The molecule has 2 heterocycles. The summed E-state index contributed by atoms with van der Waals surface area (Å²) in [6, 6.07) is 15.0. The second-order valence-corrected chi connectivity index (χ2v) is 8.09. The number of nitrogens with zero attached hydrogens (tertiary/aromatic N) is 3. The van der Waals surface area contributed by atoms with Gasteiger partial charge in [0.25, 0.3) is 0 Å². The van der Waals surface area contributed by atoms with Gasteiger partial charge in [-0.2, -0.15) is 0 Å². The Morgan fingerprint density at radius 3 is 2.44 bits per heavy atom. The highest BCUT2D eigenvalue weighted by Gasteiger charge is 2.14. The number of nitrogens with one attached hydrogen (secondary N) is 1. The number of aliphatic imine (C=N–C) groups is 1. The lowest BCUT2D eigenvalue weighted by Crippen LogP contribution is -2.32. The number of hydrogen-bond acceptors (Lipinski definition) is 6. The first-order valence-corrected chi connectivity index (χ1v) is 10.9. The fraction of sp³-hybridized carbons (Fsp3) is 0.308. The second kappa shape index (κ2) is 9.83. The SMILES string of the molecule is COc1cc(OC)cc(N(CCNC(C)C)c2ccc3ncc(C4=CCN=C4)cc3c2)c1. The van der Waals surface area contributed by atoms with Crippen LogP contribution in [0, 0.1) is 0 Å². The van der Waals surface area contributed by atoms with E-state index in [1.807, 2.05) is 30.6 Å². The van der Waals surface area contributed by atoms with Crippen molar-refractivity contribution in [3.63, 3.8) is 0 Å². The van der Waals surface area contributed by atoms with Crippen LogP contribution in [-0.4, -0.2) is 51.1 Å². The number of aromatic nitrogens is 1. The fourth-order valence-corrected chi connectivity index (χ4v) is 3.81. The first-order valence-electron chi connectivity index (χ1n) is 10.9. The molecule has 166 valence electrons. The van der Waals surface area contributed by atoms with E-state index in [9.17, 15) is 0 Å². The summed E-state index contributed by atoms with van der Waals surface area (Å²) < 4.78 is 11.0. The predicted molar refractivity (Wildman–Crippen MR) is 133 cm³/mol. The molecule has 0 bridgehead atoms. The number of allylic oxidation sites excluding steroid dienone is 1. The molecule has 0 saturated carbocycles. The molecular weight excluding hydrogens is 400 g/mol. The molecule has 0 atom stereocenters. The Balaban J connectivity index is 1.75. The normalized spacial score (nSPS) is 13.0. The van der Waals surface area contributed by atoms with Crippen LogP contribution in [0.2, 0.25) is 0 Å². The maximum absolute atomic E-state index is 5.52. The topological polar surface area (TPSA) is 59.0 Å². The molecule has 6 heteroatoms. The number of anilines is 2. The molecule has 1 aromatic heterocycles. The third-order valence-electron chi connectivity index (χ3n) is 5.49. The fourth-order valence-electron chi connectivity index (χ4n) is 3.81. The summed E-state index contributed by atoms with van der Waals surface area (Å²) in [7, 11) is 3.35. The zero-order valence-electron chi connectivity index (χ0n) is 19.1. The lowest BCUT2D eigenvalue weighted by Gasteiger charge is -2.27. The maximum atomic E-state index is 5.52. The van der Waals surface area contributed by atoms with Crippen LogP contribution in [0.4, 0.5) is 11.4 Å². The minimum absolute atomic E-state index is 0.418. The standard InChI is InChI=1S/C26H30N4O2/c1-18(2)28-9-10-30(23-13-24(31-3)15-25(14-23)32-4)22-5-6-26-20(12-22)11-21(17-29-26)19-7-8-27-16-19/h5-7,11-18,28H,8-10H2,1-4H3. The minimum Gasteiger partial charge on any atom is -0.497 e. The van der Waals surface area contributed by atoms with Crippen molar-refractivity contribution in [2.24, 2.45) is 4.99 Å². The van der Waals surface area contributed by atoms with Crippen molar-refractivity contribution in [2.45, 2.75) is 19.9 Å². The molecule has 6 nitrogen and oxygen atoms in total. The van der Waals surface area contributed by atoms with Crippen LogP contribution in [0.3, 0.4) is 0 Å². The summed E-state index contributed by atoms with van der Waals surface area (Å²) in [5.74, 6) is 1.52. The molecule has 4 rings (SSSR count). The molecule has 0 aliphatic carbocycles. The average Bonchev–Trinajstić information content (AvgIpc) is 3.35. The van der Waals surface area contributed by atoms with Gasteiger partial charge in [0.2, 0.25) is 0 Å². The molecule has 0 amide bonds. The molecular formula is C26H30N4O2. The van der Waals surface area contributed by atoms with E-state index in [2.05, 4.69) is 64.4 Å². The molecule has 0 unspecified atom stereocenters. The van der Waals surface area contributed by atoms with Crippen LogP contribution < -0.4 is 19.7 Å². The minimum atomic E-state index is 0.418. The van der Waals surface area contributed by atoms with E-state index < -0.39 is 0 Å². The molecule has 0 saturated heterocycles. The smallest absolute Gasteiger partial charge is 0.124 e. The number of pyridine rings is 1. The molecule has 32 heavy (non-hydrogen) atoms. The molecule has 1 aliphatic rings. The largest absolute Gasteiger partial charge is 0.497 e. The quantitative estimate of drug-likeness (QED) is 0.526. The van der Waals surface area contributed by atoms with Crippen molar-refractivity contribution in [2.75, 3.05) is 38.8 Å². The summed E-state index contributed by atoms with van der Waals surface area (Å²) in [6.45, 7) is 6.69. The van der Waals surface area contributed by atoms with Gasteiger partial charge in [-0.25, -0.2) is 0 Å². The number of fused-ring (bicyclic) bond motifs is 1. The Kier molecular flexibility index (Phi) is 6.71. The van der Waals surface area contributed by atoms with E-state index in [0.29, 0.717) is 6.04 Å². The summed E-state index contributed by atoms with van der Waals surface area (Å²) in [4.78, 5) is 11.2. The Labute approximate surface area is 189 Å². The first-order chi connectivity index (χ1) is 15.6. The van der Waals surface area contributed by atoms with Gasteiger partial charge >= 0.3 is 0 Å². The average molecular weight is 431 g/mol. The summed E-state index contributed by atoms with van der Waals surface area (Å²) in [6.07, 6.45) is 5.96. The van der Waals surface area contributed by atoms with Gasteiger partial charge in [0, 0.05) is 72.1 Å². The van der Waals surface area contributed by atoms with Crippen LogP contribution in [0.5, 0.6) is 11.5 Å². The van der Waals surface area contributed by atoms with E-state index in [-0.39, 0.29) is 0 Å².